The summed E-state index contributed by atoms with van der Waals surface area (Å²) in [4.78, 5) is 25.1. The quantitative estimate of drug-likeness (QED) is 0.627. The molecule has 0 saturated carbocycles. The van der Waals surface area contributed by atoms with Gasteiger partial charge in [-0.25, -0.2) is 0 Å². The second kappa shape index (κ2) is 5.03. The lowest BCUT2D eigenvalue weighted by molar-refractivity contribution is -0.382. The van der Waals surface area contributed by atoms with Gasteiger partial charge in [0.1, 0.15) is 9.58 Å². The molecular weight excluding hydrogens is 300 g/mol. The normalized spacial score (nSPS) is 14.9. The number of carbonyl (C=O) groups is 1. The van der Waals surface area contributed by atoms with Crippen LogP contribution in [-0.4, -0.2) is 28.8 Å². The van der Waals surface area contributed by atoms with Gasteiger partial charge < -0.3 is 4.90 Å². The van der Waals surface area contributed by atoms with Gasteiger partial charge in [0.25, 0.3) is 11.6 Å². The highest BCUT2D eigenvalue weighted by atomic mass is 35.5. The van der Waals surface area contributed by atoms with Crippen molar-refractivity contribution in [3.8, 4) is 0 Å². The number of nitrogens with zero attached hydrogens (tertiary/aromatic N) is 2. The molecular formula is C13H11ClN2O3S. The summed E-state index contributed by atoms with van der Waals surface area (Å²) < 4.78 is 0.463. The summed E-state index contributed by atoms with van der Waals surface area (Å²) in [5, 5.41) is 11.9. The first-order valence-corrected chi connectivity index (χ1v) is 7.43. The zero-order valence-electron chi connectivity index (χ0n) is 10.5. The van der Waals surface area contributed by atoms with E-state index in [2.05, 4.69) is 0 Å². The molecule has 2 aromatic rings. The topological polar surface area (TPSA) is 63.4 Å². The van der Waals surface area contributed by atoms with E-state index in [1.165, 1.54) is 6.07 Å². The number of likely N-dealkylation sites (tertiary alicyclic amines) is 1. The predicted molar refractivity (Wildman–Crippen MR) is 78.6 cm³/mol. The Hall–Kier alpha value is -1.66. The first kappa shape index (κ1) is 13.3. The molecule has 1 amide bonds. The van der Waals surface area contributed by atoms with E-state index in [4.69, 9.17) is 11.6 Å². The third kappa shape index (κ3) is 2.05. The molecule has 0 radical (unpaired) electrons. The van der Waals surface area contributed by atoms with Crippen molar-refractivity contribution < 1.29 is 9.72 Å². The highest BCUT2D eigenvalue weighted by Gasteiger charge is 2.27. The van der Waals surface area contributed by atoms with E-state index in [9.17, 15) is 14.9 Å². The van der Waals surface area contributed by atoms with E-state index in [0.717, 1.165) is 37.3 Å². The van der Waals surface area contributed by atoms with E-state index in [0.29, 0.717) is 20.0 Å². The summed E-state index contributed by atoms with van der Waals surface area (Å²) in [6.45, 7) is 1.46. The molecule has 2 heterocycles. The van der Waals surface area contributed by atoms with Crippen LogP contribution in [0, 0.1) is 10.1 Å². The van der Waals surface area contributed by atoms with Crippen LogP contribution < -0.4 is 0 Å². The average molecular weight is 311 g/mol. The number of fused-ring (bicyclic) bond motifs is 1. The lowest BCUT2D eigenvalue weighted by Gasteiger charge is -2.13. The summed E-state index contributed by atoms with van der Waals surface area (Å²) in [7, 11) is 0. The molecule has 0 aliphatic carbocycles. The first-order chi connectivity index (χ1) is 9.59. The molecule has 0 atom stereocenters. The standard InChI is InChI=1S/C13H11ClN2O3S/c14-10-8-4-3-5-9(16(18)19)11(8)20-12(10)13(17)15-6-1-2-7-15/h3-5H,1-2,6-7H2. The van der Waals surface area contributed by atoms with Gasteiger partial charge in [0.05, 0.1) is 9.95 Å². The van der Waals surface area contributed by atoms with E-state index in [1.807, 2.05) is 0 Å². The van der Waals surface area contributed by atoms with Gasteiger partial charge in [-0.15, -0.1) is 11.3 Å². The first-order valence-electron chi connectivity index (χ1n) is 6.24. The number of thiophene rings is 1. The van der Waals surface area contributed by atoms with Gasteiger partial charge >= 0.3 is 0 Å². The summed E-state index contributed by atoms with van der Waals surface area (Å²) in [5.41, 5.74) is -0.00475. The van der Waals surface area contributed by atoms with Gasteiger partial charge in [-0.2, -0.15) is 0 Å². The van der Waals surface area contributed by atoms with Gasteiger partial charge in [-0.1, -0.05) is 23.7 Å². The van der Waals surface area contributed by atoms with E-state index < -0.39 is 4.92 Å². The molecule has 1 saturated heterocycles. The molecule has 7 heteroatoms. The maximum absolute atomic E-state index is 12.4. The molecule has 1 aliphatic rings. The Kier molecular flexibility index (Phi) is 3.35. The number of nitro benzene ring substituents is 1. The number of nitro groups is 1. The van der Waals surface area contributed by atoms with Gasteiger partial charge in [-0.05, 0) is 12.8 Å². The molecule has 1 fully saturated rings. The average Bonchev–Trinajstić information content (AvgIpc) is 3.06. The molecule has 3 rings (SSSR count). The minimum Gasteiger partial charge on any atom is -0.338 e. The van der Waals surface area contributed by atoms with Crippen molar-refractivity contribution in [1.82, 2.24) is 4.90 Å². The monoisotopic (exact) mass is 310 g/mol. The summed E-state index contributed by atoms with van der Waals surface area (Å²) >= 11 is 7.36. The third-order valence-electron chi connectivity index (χ3n) is 3.42. The van der Waals surface area contributed by atoms with Crippen LogP contribution in [0.25, 0.3) is 10.1 Å². The number of rotatable bonds is 2. The highest BCUT2D eigenvalue weighted by molar-refractivity contribution is 7.22. The Bertz CT molecular complexity index is 707. The second-order valence-electron chi connectivity index (χ2n) is 4.66. The highest BCUT2D eigenvalue weighted by Crippen LogP contribution is 2.40. The van der Waals surface area contributed by atoms with Crippen molar-refractivity contribution >= 4 is 44.6 Å². The van der Waals surface area contributed by atoms with Crippen LogP contribution in [0.1, 0.15) is 22.5 Å². The molecule has 0 spiro atoms. The molecule has 5 nitrogen and oxygen atoms in total. The van der Waals surface area contributed by atoms with Crippen LogP contribution in [0.4, 0.5) is 5.69 Å². The smallest absolute Gasteiger partial charge is 0.287 e. The molecule has 0 N–H and O–H groups in total. The summed E-state index contributed by atoms with van der Waals surface area (Å²) in [6, 6.07) is 4.73. The molecule has 104 valence electrons. The molecule has 0 unspecified atom stereocenters. The number of benzene rings is 1. The predicted octanol–water partition coefficient (Wildman–Crippen LogP) is 3.70. The van der Waals surface area contributed by atoms with Gasteiger partial charge in [0.15, 0.2) is 0 Å². The third-order valence-corrected chi connectivity index (χ3v) is 5.14. The Balaban J connectivity index is 2.12. The fourth-order valence-corrected chi connectivity index (χ4v) is 3.98. The Labute approximate surface area is 123 Å². The number of halogens is 1. The maximum Gasteiger partial charge on any atom is 0.287 e. The number of non-ortho nitro benzene ring substituents is 1. The largest absolute Gasteiger partial charge is 0.338 e. The SMILES string of the molecule is O=C(c1sc2c([N+](=O)[O-])cccc2c1Cl)N1CCCC1. The molecule has 1 aromatic heterocycles. The van der Waals surface area contributed by atoms with Gasteiger partial charge in [-0.3, -0.25) is 14.9 Å². The Morgan fingerprint density at radius 1 is 1.35 bits per heavy atom. The van der Waals surface area contributed by atoms with Crippen LogP contribution in [-0.2, 0) is 0 Å². The van der Waals surface area contributed by atoms with Crippen molar-refractivity contribution in [2.24, 2.45) is 0 Å². The summed E-state index contributed by atoms with van der Waals surface area (Å²) in [5.74, 6) is -0.122. The summed E-state index contributed by atoms with van der Waals surface area (Å²) in [6.07, 6.45) is 1.99. The van der Waals surface area contributed by atoms with E-state index in [-0.39, 0.29) is 11.6 Å². The zero-order valence-corrected chi connectivity index (χ0v) is 12.0. The lowest BCUT2D eigenvalue weighted by atomic mass is 10.2. The number of hydrogen-bond acceptors (Lipinski definition) is 4. The molecule has 1 aliphatic heterocycles. The minimum absolute atomic E-state index is 0.00475. The molecule has 0 bridgehead atoms. The second-order valence-corrected chi connectivity index (χ2v) is 6.05. The van der Waals surface area contributed by atoms with Crippen molar-refractivity contribution in [1.29, 1.82) is 0 Å². The number of hydrogen-bond donors (Lipinski definition) is 0. The van der Waals surface area contributed by atoms with Crippen LogP contribution >= 0.6 is 22.9 Å². The molecule has 1 aromatic carbocycles. The van der Waals surface area contributed by atoms with Crippen molar-refractivity contribution in [2.45, 2.75) is 12.8 Å². The van der Waals surface area contributed by atoms with Gasteiger partial charge in [0, 0.05) is 24.5 Å². The Morgan fingerprint density at radius 2 is 2.05 bits per heavy atom. The maximum atomic E-state index is 12.4. The van der Waals surface area contributed by atoms with Crippen LogP contribution in [0.15, 0.2) is 18.2 Å². The van der Waals surface area contributed by atoms with Gasteiger partial charge in [0.2, 0.25) is 0 Å². The van der Waals surface area contributed by atoms with E-state index in [1.54, 1.807) is 17.0 Å². The number of amides is 1. The van der Waals surface area contributed by atoms with Crippen LogP contribution in [0.5, 0.6) is 0 Å². The fraction of sp³-hybridized carbons (Fsp3) is 0.308. The lowest BCUT2D eigenvalue weighted by Crippen LogP contribution is -2.26. The zero-order chi connectivity index (χ0) is 14.3. The fourth-order valence-electron chi connectivity index (χ4n) is 2.42. The minimum atomic E-state index is -0.445. The van der Waals surface area contributed by atoms with E-state index >= 15 is 0 Å². The Morgan fingerprint density at radius 3 is 2.70 bits per heavy atom. The van der Waals surface area contributed by atoms with Crippen LogP contribution in [0.2, 0.25) is 5.02 Å². The number of carbonyl (C=O) groups excluding carboxylic acids is 1. The van der Waals surface area contributed by atoms with Crippen molar-refractivity contribution in [2.75, 3.05) is 13.1 Å². The van der Waals surface area contributed by atoms with Crippen LogP contribution in [0.3, 0.4) is 0 Å². The van der Waals surface area contributed by atoms with Crippen molar-refractivity contribution in [3.05, 3.63) is 38.2 Å². The molecule has 20 heavy (non-hydrogen) atoms. The van der Waals surface area contributed by atoms with Crippen molar-refractivity contribution in [3.63, 3.8) is 0 Å².